The van der Waals surface area contributed by atoms with Gasteiger partial charge in [0, 0.05) is 0 Å². The Labute approximate surface area is 102 Å². The molecule has 0 aliphatic rings. The smallest absolute Gasteiger partial charge is 0.396 e. The molecule has 0 aromatic carbocycles. The number of aromatic carboxylic acids is 1. The standard InChI is InChI=1S/C10H12N4O4/c1-3-17-9-11-5-6(8(15)16)12-10(18-4-2)14-7(5)13-9/h3-4H2,1-2H3,(H,15,16)(H,11,12,13,14)/p+1. The highest BCUT2D eigenvalue weighted by molar-refractivity contribution is 5.97. The summed E-state index contributed by atoms with van der Waals surface area (Å²) >= 11 is 0. The number of fused-ring (bicyclic) bond motifs is 1. The molecule has 2 heterocycles. The predicted molar refractivity (Wildman–Crippen MR) is 59.7 cm³/mol. The molecular weight excluding hydrogens is 240 g/mol. The molecule has 96 valence electrons. The highest BCUT2D eigenvalue weighted by atomic mass is 16.5. The fourth-order valence-corrected chi connectivity index (χ4v) is 1.47. The van der Waals surface area contributed by atoms with Crippen molar-refractivity contribution in [2.75, 3.05) is 13.2 Å². The van der Waals surface area contributed by atoms with Gasteiger partial charge in [-0.3, -0.25) is 0 Å². The number of nitrogens with zero attached hydrogens (tertiary/aromatic N) is 2. The van der Waals surface area contributed by atoms with E-state index in [1.807, 2.05) is 6.92 Å². The van der Waals surface area contributed by atoms with Crippen molar-refractivity contribution >= 4 is 17.1 Å². The van der Waals surface area contributed by atoms with Gasteiger partial charge in [-0.2, -0.15) is 4.98 Å². The number of aromatic amines is 2. The van der Waals surface area contributed by atoms with Crippen LogP contribution in [0.5, 0.6) is 12.0 Å². The van der Waals surface area contributed by atoms with Crippen molar-refractivity contribution in [2.24, 2.45) is 0 Å². The number of carboxylic acid groups (broad SMARTS) is 1. The van der Waals surface area contributed by atoms with Crippen LogP contribution in [0.2, 0.25) is 0 Å². The molecule has 0 spiro atoms. The Balaban J connectivity index is 2.57. The van der Waals surface area contributed by atoms with E-state index in [4.69, 9.17) is 14.6 Å². The number of carboxylic acids is 1. The molecule has 0 saturated heterocycles. The first-order valence-electron chi connectivity index (χ1n) is 5.47. The SMILES string of the molecule is CCOc1nc(C(=O)O)c2[nH]c(OCC)[nH+]c2n1. The van der Waals surface area contributed by atoms with E-state index in [0.717, 1.165) is 0 Å². The second-order valence-corrected chi connectivity index (χ2v) is 3.33. The number of nitrogens with one attached hydrogen (secondary N) is 2. The lowest BCUT2D eigenvalue weighted by atomic mass is 10.3. The van der Waals surface area contributed by atoms with Crippen molar-refractivity contribution in [3.8, 4) is 12.0 Å². The lowest BCUT2D eigenvalue weighted by Gasteiger charge is -1.97. The summed E-state index contributed by atoms with van der Waals surface area (Å²) in [5.74, 6) is -1.17. The van der Waals surface area contributed by atoms with Gasteiger partial charge in [-0.05, 0) is 18.8 Å². The normalized spacial score (nSPS) is 10.6. The molecule has 0 fully saturated rings. The van der Waals surface area contributed by atoms with Crippen LogP contribution in [0.15, 0.2) is 0 Å². The molecule has 3 N–H and O–H groups in total. The Hall–Kier alpha value is -2.38. The van der Waals surface area contributed by atoms with E-state index in [9.17, 15) is 4.79 Å². The Morgan fingerprint density at radius 3 is 2.67 bits per heavy atom. The molecular formula is C10H13N4O4+. The van der Waals surface area contributed by atoms with Gasteiger partial charge in [-0.1, -0.05) is 0 Å². The molecule has 8 heteroatoms. The summed E-state index contributed by atoms with van der Waals surface area (Å²) < 4.78 is 10.3. The summed E-state index contributed by atoms with van der Waals surface area (Å²) in [5.41, 5.74) is 0.439. The van der Waals surface area contributed by atoms with E-state index >= 15 is 0 Å². The van der Waals surface area contributed by atoms with Gasteiger partial charge in [0.2, 0.25) is 11.2 Å². The first-order valence-corrected chi connectivity index (χ1v) is 5.47. The van der Waals surface area contributed by atoms with E-state index in [1.54, 1.807) is 6.92 Å². The molecule has 0 saturated carbocycles. The summed E-state index contributed by atoms with van der Waals surface area (Å²) in [6, 6.07) is 0.346. The number of hydrogen-bond acceptors (Lipinski definition) is 5. The molecule has 2 aromatic rings. The minimum absolute atomic E-state index is 0.0145. The van der Waals surface area contributed by atoms with Crippen LogP contribution < -0.4 is 14.5 Å². The molecule has 0 atom stereocenters. The van der Waals surface area contributed by atoms with Crippen LogP contribution in [0.1, 0.15) is 24.3 Å². The molecule has 0 unspecified atom stereocenters. The van der Waals surface area contributed by atoms with Crippen molar-refractivity contribution in [1.29, 1.82) is 0 Å². The topological polar surface area (TPSA) is 111 Å². The summed E-state index contributed by atoms with van der Waals surface area (Å²) in [5, 5.41) is 9.09. The van der Waals surface area contributed by atoms with Crippen LogP contribution in [0.3, 0.4) is 0 Å². The maximum atomic E-state index is 11.1. The van der Waals surface area contributed by atoms with E-state index in [0.29, 0.717) is 24.9 Å². The third kappa shape index (κ3) is 2.17. The lowest BCUT2D eigenvalue weighted by molar-refractivity contribution is -0.366. The van der Waals surface area contributed by atoms with Crippen LogP contribution in [-0.4, -0.2) is 39.2 Å². The zero-order valence-electron chi connectivity index (χ0n) is 9.98. The third-order valence-electron chi connectivity index (χ3n) is 2.12. The fraction of sp³-hybridized carbons (Fsp3) is 0.400. The molecule has 18 heavy (non-hydrogen) atoms. The number of carbonyl (C=O) groups is 1. The number of H-pyrrole nitrogens is 2. The maximum absolute atomic E-state index is 11.1. The number of aromatic nitrogens is 4. The summed E-state index contributed by atoms with van der Waals surface area (Å²) in [7, 11) is 0. The summed E-state index contributed by atoms with van der Waals surface area (Å²) in [4.78, 5) is 24.6. The highest BCUT2D eigenvalue weighted by Gasteiger charge is 2.24. The van der Waals surface area contributed by atoms with Crippen LogP contribution in [0.25, 0.3) is 11.2 Å². The summed E-state index contributed by atoms with van der Waals surface area (Å²) in [6.45, 7) is 4.37. The Morgan fingerprint density at radius 1 is 1.33 bits per heavy atom. The van der Waals surface area contributed by atoms with Gasteiger partial charge in [-0.25, -0.2) is 14.8 Å². The lowest BCUT2D eigenvalue weighted by Crippen LogP contribution is -2.10. The molecule has 0 aliphatic heterocycles. The Morgan fingerprint density at radius 2 is 2.06 bits per heavy atom. The molecule has 0 amide bonds. The van der Waals surface area contributed by atoms with Gasteiger partial charge >= 0.3 is 23.6 Å². The first kappa shape index (κ1) is 12.1. The van der Waals surface area contributed by atoms with Crippen molar-refractivity contribution in [1.82, 2.24) is 15.0 Å². The monoisotopic (exact) mass is 253 g/mol. The second kappa shape index (κ2) is 4.86. The van der Waals surface area contributed by atoms with Gasteiger partial charge in [0.05, 0.1) is 13.2 Å². The number of rotatable bonds is 5. The average Bonchev–Trinajstić information content (AvgIpc) is 2.71. The van der Waals surface area contributed by atoms with Crippen LogP contribution >= 0.6 is 0 Å². The average molecular weight is 253 g/mol. The van der Waals surface area contributed by atoms with Crippen LogP contribution in [0, 0.1) is 0 Å². The molecule has 0 bridgehead atoms. The van der Waals surface area contributed by atoms with E-state index in [-0.39, 0.29) is 17.2 Å². The minimum atomic E-state index is -1.17. The van der Waals surface area contributed by atoms with Gasteiger partial charge < -0.3 is 14.6 Å². The first-order chi connectivity index (χ1) is 8.65. The van der Waals surface area contributed by atoms with Gasteiger partial charge in [-0.15, -0.1) is 0 Å². The Kier molecular flexibility index (Phi) is 3.26. The quantitative estimate of drug-likeness (QED) is 0.790. The highest BCUT2D eigenvalue weighted by Crippen LogP contribution is 2.16. The summed E-state index contributed by atoms with van der Waals surface area (Å²) in [6.07, 6.45) is 0. The number of hydrogen-bond donors (Lipinski definition) is 2. The zero-order chi connectivity index (χ0) is 13.1. The minimum Gasteiger partial charge on any atom is -0.476 e. The van der Waals surface area contributed by atoms with Gasteiger partial charge in [0.25, 0.3) is 0 Å². The van der Waals surface area contributed by atoms with E-state index in [1.165, 1.54) is 0 Å². The van der Waals surface area contributed by atoms with Crippen LogP contribution in [0.4, 0.5) is 0 Å². The van der Waals surface area contributed by atoms with Gasteiger partial charge in [0.15, 0.2) is 0 Å². The third-order valence-corrected chi connectivity index (χ3v) is 2.12. The molecule has 0 radical (unpaired) electrons. The number of imidazole rings is 1. The Bertz CT molecular complexity index is 581. The van der Waals surface area contributed by atoms with E-state index < -0.39 is 5.97 Å². The van der Waals surface area contributed by atoms with Crippen molar-refractivity contribution in [3.05, 3.63) is 5.69 Å². The van der Waals surface area contributed by atoms with Gasteiger partial charge in [0.1, 0.15) is 0 Å². The van der Waals surface area contributed by atoms with Crippen molar-refractivity contribution in [3.63, 3.8) is 0 Å². The van der Waals surface area contributed by atoms with Crippen LogP contribution in [-0.2, 0) is 0 Å². The number of ether oxygens (including phenoxy) is 2. The largest absolute Gasteiger partial charge is 0.476 e. The zero-order valence-corrected chi connectivity index (χ0v) is 9.98. The van der Waals surface area contributed by atoms with E-state index in [2.05, 4.69) is 19.9 Å². The molecule has 2 rings (SSSR count). The molecule has 0 aliphatic carbocycles. The maximum Gasteiger partial charge on any atom is 0.396 e. The molecule has 8 nitrogen and oxygen atoms in total. The van der Waals surface area contributed by atoms with Crippen molar-refractivity contribution < 1.29 is 24.4 Å². The fourth-order valence-electron chi connectivity index (χ4n) is 1.47. The second-order valence-electron chi connectivity index (χ2n) is 3.33. The van der Waals surface area contributed by atoms with Crippen molar-refractivity contribution in [2.45, 2.75) is 13.8 Å². The predicted octanol–water partition coefficient (Wildman–Crippen LogP) is 0.268. The molecule has 2 aromatic heterocycles.